The lowest BCUT2D eigenvalue weighted by molar-refractivity contribution is -0.139. The van der Waals surface area contributed by atoms with Gasteiger partial charge in [-0.15, -0.1) is 11.3 Å². The lowest BCUT2D eigenvalue weighted by Crippen LogP contribution is -2.41. The molecule has 0 aliphatic heterocycles. The van der Waals surface area contributed by atoms with Gasteiger partial charge in [-0.3, -0.25) is 9.59 Å². The number of aliphatic carboxylic acids is 1. The van der Waals surface area contributed by atoms with Gasteiger partial charge in [0.05, 0.1) is 11.2 Å². The number of aromatic nitrogens is 2. The summed E-state index contributed by atoms with van der Waals surface area (Å²) in [5.41, 5.74) is 1.54. The van der Waals surface area contributed by atoms with E-state index in [0.29, 0.717) is 29.8 Å². The number of amides is 2. The number of thiophene rings is 1. The van der Waals surface area contributed by atoms with Crippen molar-refractivity contribution in [1.29, 1.82) is 0 Å². The van der Waals surface area contributed by atoms with Gasteiger partial charge in [0.15, 0.2) is 0 Å². The zero-order valence-electron chi connectivity index (χ0n) is 16.8. The van der Waals surface area contributed by atoms with Gasteiger partial charge >= 0.3 is 5.97 Å². The molecule has 2 aromatic heterocycles. The molecule has 9 heteroatoms. The number of carboxylic acid groups (broad SMARTS) is 1. The number of carbonyl (C=O) groups is 3. The summed E-state index contributed by atoms with van der Waals surface area (Å²) in [5, 5.41) is 15.6. The molecule has 3 aromatic rings. The third-order valence-electron chi connectivity index (χ3n) is 4.51. The number of fused-ring (bicyclic) bond motifs is 1. The summed E-state index contributed by atoms with van der Waals surface area (Å²) >= 11 is 1.29. The number of carbonyl (C=O) groups excluding carboxylic acids is 2. The molecule has 4 N–H and O–H groups in total. The molecule has 1 atom stereocenters. The molecule has 0 saturated heterocycles. The molecule has 0 unspecified atom stereocenters. The Kier molecular flexibility index (Phi) is 6.83. The van der Waals surface area contributed by atoms with Gasteiger partial charge in [-0.25, -0.2) is 9.78 Å². The lowest BCUT2D eigenvalue weighted by atomic mass is 10.0. The van der Waals surface area contributed by atoms with Crippen molar-refractivity contribution < 1.29 is 19.5 Å². The Morgan fingerprint density at radius 1 is 1.23 bits per heavy atom. The number of aromatic amines is 1. The van der Waals surface area contributed by atoms with Crippen LogP contribution in [0.4, 0.5) is 5.69 Å². The monoisotopic (exact) mass is 428 g/mol. The molecule has 2 amide bonds. The van der Waals surface area contributed by atoms with Crippen molar-refractivity contribution in [3.05, 3.63) is 47.4 Å². The first kappa shape index (κ1) is 21.5. The van der Waals surface area contributed by atoms with Crippen LogP contribution in [0.5, 0.6) is 0 Å². The fourth-order valence-electron chi connectivity index (χ4n) is 3.05. The van der Waals surface area contributed by atoms with Crippen LogP contribution < -0.4 is 10.6 Å². The average Bonchev–Trinajstić information content (AvgIpc) is 3.34. The topological polar surface area (TPSA) is 124 Å². The Bertz CT molecular complexity index is 1040. The Morgan fingerprint density at radius 2 is 2.03 bits per heavy atom. The van der Waals surface area contributed by atoms with Crippen molar-refractivity contribution >= 4 is 44.9 Å². The number of aryl methyl sites for hydroxylation is 1. The maximum atomic E-state index is 12.5. The van der Waals surface area contributed by atoms with E-state index in [4.69, 9.17) is 0 Å². The van der Waals surface area contributed by atoms with Crippen molar-refractivity contribution in [3.63, 3.8) is 0 Å². The number of carboxylic acids is 1. The van der Waals surface area contributed by atoms with Crippen LogP contribution in [0, 0.1) is 5.92 Å². The van der Waals surface area contributed by atoms with Gasteiger partial charge in [0, 0.05) is 28.7 Å². The number of nitrogens with zero attached hydrogens (tertiary/aromatic N) is 1. The van der Waals surface area contributed by atoms with Crippen molar-refractivity contribution in [2.45, 2.75) is 39.2 Å². The smallest absolute Gasteiger partial charge is 0.326 e. The Hall–Kier alpha value is -3.20. The van der Waals surface area contributed by atoms with Crippen LogP contribution in [0.25, 0.3) is 10.1 Å². The highest BCUT2D eigenvalue weighted by molar-refractivity contribution is 7.20. The minimum atomic E-state index is -1.04. The summed E-state index contributed by atoms with van der Waals surface area (Å²) < 4.78 is 0.881. The van der Waals surface area contributed by atoms with Crippen LogP contribution in [0.3, 0.4) is 0 Å². The fourth-order valence-corrected chi connectivity index (χ4v) is 3.99. The number of benzene rings is 1. The van der Waals surface area contributed by atoms with Gasteiger partial charge in [0.25, 0.3) is 5.91 Å². The Labute approximate surface area is 177 Å². The molecule has 0 aliphatic rings. The largest absolute Gasteiger partial charge is 0.480 e. The summed E-state index contributed by atoms with van der Waals surface area (Å²) in [4.78, 5) is 43.4. The number of nitrogens with one attached hydrogen (secondary N) is 3. The van der Waals surface area contributed by atoms with E-state index in [1.165, 1.54) is 11.3 Å². The van der Waals surface area contributed by atoms with E-state index in [0.717, 1.165) is 15.8 Å². The van der Waals surface area contributed by atoms with Gasteiger partial charge in [0.1, 0.15) is 6.04 Å². The predicted molar refractivity (Wildman–Crippen MR) is 116 cm³/mol. The predicted octanol–water partition coefficient (Wildman–Crippen LogP) is 3.42. The second-order valence-electron chi connectivity index (χ2n) is 7.48. The molecule has 8 nitrogen and oxygen atoms in total. The third-order valence-corrected chi connectivity index (χ3v) is 5.63. The second-order valence-corrected chi connectivity index (χ2v) is 8.57. The highest BCUT2D eigenvalue weighted by atomic mass is 32.1. The van der Waals surface area contributed by atoms with Crippen LogP contribution in [0.15, 0.2) is 36.8 Å². The van der Waals surface area contributed by atoms with E-state index in [1.807, 2.05) is 19.9 Å². The molecule has 1 aromatic carbocycles. The van der Waals surface area contributed by atoms with Crippen LogP contribution in [0.2, 0.25) is 0 Å². The molecule has 3 rings (SSSR count). The van der Waals surface area contributed by atoms with Gasteiger partial charge in [-0.1, -0.05) is 13.8 Å². The molecule has 2 heterocycles. The van der Waals surface area contributed by atoms with E-state index < -0.39 is 17.9 Å². The van der Waals surface area contributed by atoms with Crippen molar-refractivity contribution in [2.24, 2.45) is 5.92 Å². The van der Waals surface area contributed by atoms with E-state index in [2.05, 4.69) is 20.6 Å². The van der Waals surface area contributed by atoms with Gasteiger partial charge in [0.2, 0.25) is 5.91 Å². The SMILES string of the molecule is CC(C)C[C@H](NC(=O)c1cc2cc(NC(=O)CCc3cnc[nH]3)ccc2s1)C(=O)O. The van der Waals surface area contributed by atoms with Crippen LogP contribution >= 0.6 is 11.3 Å². The number of hydrogen-bond acceptors (Lipinski definition) is 5. The number of H-pyrrole nitrogens is 1. The first-order valence-electron chi connectivity index (χ1n) is 9.66. The second kappa shape index (κ2) is 9.53. The molecule has 30 heavy (non-hydrogen) atoms. The van der Waals surface area contributed by atoms with Crippen molar-refractivity contribution in [2.75, 3.05) is 5.32 Å². The van der Waals surface area contributed by atoms with E-state index in [1.54, 1.807) is 30.7 Å². The van der Waals surface area contributed by atoms with Crippen molar-refractivity contribution in [1.82, 2.24) is 15.3 Å². The van der Waals surface area contributed by atoms with Crippen LogP contribution in [0.1, 0.15) is 42.1 Å². The molecular formula is C21H24N4O4S. The molecule has 0 fully saturated rings. The molecule has 0 radical (unpaired) electrons. The van der Waals surface area contributed by atoms with Crippen LogP contribution in [-0.2, 0) is 16.0 Å². The number of anilines is 1. The standard InChI is InChI=1S/C21H24N4O4S/c1-12(2)7-16(21(28)29)25-20(27)18-9-13-8-14(3-5-17(13)30-18)24-19(26)6-4-15-10-22-11-23-15/h3,5,8-12,16H,4,6-7H2,1-2H3,(H,22,23)(H,24,26)(H,25,27)(H,28,29)/t16-/m0/s1. The molecular weight excluding hydrogens is 404 g/mol. The minimum absolute atomic E-state index is 0.116. The maximum absolute atomic E-state index is 12.5. The summed E-state index contributed by atoms with van der Waals surface area (Å²) in [6.45, 7) is 3.82. The summed E-state index contributed by atoms with van der Waals surface area (Å²) in [5.74, 6) is -1.42. The van der Waals surface area contributed by atoms with Crippen molar-refractivity contribution in [3.8, 4) is 0 Å². The highest BCUT2D eigenvalue weighted by Gasteiger charge is 2.22. The van der Waals surface area contributed by atoms with Gasteiger partial charge in [-0.2, -0.15) is 0 Å². The summed E-state index contributed by atoms with van der Waals surface area (Å²) in [7, 11) is 0. The zero-order chi connectivity index (χ0) is 21.7. The Morgan fingerprint density at radius 3 is 2.70 bits per heavy atom. The Balaban J connectivity index is 1.65. The quantitative estimate of drug-likeness (QED) is 0.416. The molecule has 0 saturated carbocycles. The number of hydrogen-bond donors (Lipinski definition) is 4. The maximum Gasteiger partial charge on any atom is 0.326 e. The highest BCUT2D eigenvalue weighted by Crippen LogP contribution is 2.28. The van der Waals surface area contributed by atoms with E-state index in [-0.39, 0.29) is 11.8 Å². The molecule has 0 bridgehead atoms. The van der Waals surface area contributed by atoms with E-state index >= 15 is 0 Å². The lowest BCUT2D eigenvalue weighted by Gasteiger charge is -2.15. The first-order chi connectivity index (χ1) is 14.3. The number of rotatable bonds is 9. The minimum Gasteiger partial charge on any atom is -0.480 e. The third kappa shape index (κ3) is 5.66. The van der Waals surface area contributed by atoms with Gasteiger partial charge < -0.3 is 20.7 Å². The normalized spacial score (nSPS) is 12.1. The fraction of sp³-hybridized carbons (Fsp3) is 0.333. The van der Waals surface area contributed by atoms with Gasteiger partial charge in [-0.05, 0) is 48.4 Å². The molecule has 0 spiro atoms. The van der Waals surface area contributed by atoms with Crippen LogP contribution in [-0.4, -0.2) is 38.9 Å². The number of imidazole rings is 1. The summed E-state index contributed by atoms with van der Waals surface area (Å²) in [6, 6.07) is 6.22. The summed E-state index contributed by atoms with van der Waals surface area (Å²) in [6.07, 6.45) is 4.52. The molecule has 158 valence electrons. The first-order valence-corrected chi connectivity index (χ1v) is 10.5. The zero-order valence-corrected chi connectivity index (χ0v) is 17.6. The van der Waals surface area contributed by atoms with E-state index in [9.17, 15) is 19.5 Å². The molecule has 0 aliphatic carbocycles. The average molecular weight is 429 g/mol.